The van der Waals surface area contributed by atoms with Crippen LogP contribution < -0.4 is 4.74 Å². The van der Waals surface area contributed by atoms with Crippen LogP contribution in [0.4, 0.5) is 0 Å². The fourth-order valence-corrected chi connectivity index (χ4v) is 1.07. The van der Waals surface area contributed by atoms with Gasteiger partial charge in [-0.2, -0.15) is 0 Å². The van der Waals surface area contributed by atoms with Gasteiger partial charge in [-0.15, -0.1) is 12.6 Å². The van der Waals surface area contributed by atoms with Crippen molar-refractivity contribution >= 4 is 24.2 Å². The quantitative estimate of drug-likeness (QED) is 0.702. The summed E-state index contributed by atoms with van der Waals surface area (Å²) in [5.74, 6) is 0.807. The molecule has 11 heavy (non-hydrogen) atoms. The van der Waals surface area contributed by atoms with Crippen LogP contribution in [0.25, 0.3) is 0 Å². The van der Waals surface area contributed by atoms with Gasteiger partial charge in [0, 0.05) is 4.90 Å². The number of benzene rings is 1. The standard InChI is InChI=1S/C8H9ClOS/c1-2-10-6-3-4-7(9)8(11)5-6/h3-5,11H,2H2,1H3. The van der Waals surface area contributed by atoms with Crippen LogP contribution in [-0.4, -0.2) is 6.61 Å². The maximum absolute atomic E-state index is 5.75. The lowest BCUT2D eigenvalue weighted by molar-refractivity contribution is 0.339. The van der Waals surface area contributed by atoms with Gasteiger partial charge < -0.3 is 4.74 Å². The van der Waals surface area contributed by atoms with E-state index in [2.05, 4.69) is 12.6 Å². The lowest BCUT2D eigenvalue weighted by atomic mass is 10.3. The summed E-state index contributed by atoms with van der Waals surface area (Å²) in [5, 5.41) is 0.650. The van der Waals surface area contributed by atoms with Crippen molar-refractivity contribution in [1.82, 2.24) is 0 Å². The molecule has 0 aliphatic heterocycles. The first-order valence-electron chi connectivity index (χ1n) is 3.35. The maximum atomic E-state index is 5.75. The Hall–Kier alpha value is -0.340. The molecule has 3 heteroatoms. The molecule has 1 aromatic carbocycles. The summed E-state index contributed by atoms with van der Waals surface area (Å²) < 4.78 is 5.23. The van der Waals surface area contributed by atoms with E-state index in [0.29, 0.717) is 11.6 Å². The highest BCUT2D eigenvalue weighted by molar-refractivity contribution is 7.80. The number of rotatable bonds is 2. The van der Waals surface area contributed by atoms with Gasteiger partial charge in [0.1, 0.15) is 5.75 Å². The Morgan fingerprint density at radius 2 is 2.27 bits per heavy atom. The van der Waals surface area contributed by atoms with Gasteiger partial charge in [-0.25, -0.2) is 0 Å². The molecule has 0 bridgehead atoms. The average Bonchev–Trinajstić information content (AvgIpc) is 1.98. The Morgan fingerprint density at radius 3 is 2.82 bits per heavy atom. The molecule has 0 saturated carbocycles. The van der Waals surface area contributed by atoms with E-state index < -0.39 is 0 Å². The summed E-state index contributed by atoms with van der Waals surface area (Å²) in [6, 6.07) is 5.40. The molecule has 0 radical (unpaired) electrons. The van der Waals surface area contributed by atoms with Crippen LogP contribution in [-0.2, 0) is 0 Å². The molecule has 0 aliphatic rings. The van der Waals surface area contributed by atoms with Crippen molar-refractivity contribution in [2.24, 2.45) is 0 Å². The fraction of sp³-hybridized carbons (Fsp3) is 0.250. The summed E-state index contributed by atoms with van der Waals surface area (Å²) >= 11 is 9.90. The molecular weight excluding hydrogens is 180 g/mol. The predicted molar refractivity (Wildman–Crippen MR) is 49.9 cm³/mol. The predicted octanol–water partition coefficient (Wildman–Crippen LogP) is 3.03. The number of ether oxygens (including phenoxy) is 1. The molecular formula is C8H9ClOS. The van der Waals surface area contributed by atoms with Crippen LogP contribution in [0.3, 0.4) is 0 Å². The molecule has 0 aromatic heterocycles. The molecule has 0 heterocycles. The average molecular weight is 189 g/mol. The molecule has 0 spiro atoms. The van der Waals surface area contributed by atoms with E-state index in [1.165, 1.54) is 0 Å². The lowest BCUT2D eigenvalue weighted by Crippen LogP contribution is -1.90. The van der Waals surface area contributed by atoms with Crippen molar-refractivity contribution in [3.63, 3.8) is 0 Å². The highest BCUT2D eigenvalue weighted by atomic mass is 35.5. The van der Waals surface area contributed by atoms with Gasteiger partial charge in [-0.05, 0) is 25.1 Å². The van der Waals surface area contributed by atoms with Crippen LogP contribution in [0, 0.1) is 0 Å². The Morgan fingerprint density at radius 1 is 1.55 bits per heavy atom. The number of hydrogen-bond donors (Lipinski definition) is 1. The van der Waals surface area contributed by atoms with E-state index in [9.17, 15) is 0 Å². The Balaban J connectivity index is 2.86. The van der Waals surface area contributed by atoms with Crippen molar-refractivity contribution in [1.29, 1.82) is 0 Å². The highest BCUT2D eigenvalue weighted by Gasteiger charge is 1.97. The van der Waals surface area contributed by atoms with Gasteiger partial charge >= 0.3 is 0 Å². The summed E-state index contributed by atoms with van der Waals surface area (Å²) in [5.41, 5.74) is 0. The number of thiol groups is 1. The molecule has 0 aliphatic carbocycles. The second-order valence-corrected chi connectivity index (χ2v) is 2.94. The van der Waals surface area contributed by atoms with Crippen LogP contribution in [0.1, 0.15) is 6.92 Å². The minimum absolute atomic E-state index is 0.650. The second-order valence-electron chi connectivity index (χ2n) is 2.05. The zero-order valence-corrected chi connectivity index (χ0v) is 7.82. The molecule has 0 amide bonds. The normalized spacial score (nSPS) is 9.73. The Bertz CT molecular complexity index is 250. The molecule has 0 atom stereocenters. The first-order chi connectivity index (χ1) is 5.24. The molecule has 1 nitrogen and oxygen atoms in total. The third kappa shape index (κ3) is 2.31. The minimum Gasteiger partial charge on any atom is -0.494 e. The van der Waals surface area contributed by atoms with E-state index in [0.717, 1.165) is 10.6 Å². The molecule has 1 rings (SSSR count). The zero-order valence-electron chi connectivity index (χ0n) is 6.17. The summed E-state index contributed by atoms with van der Waals surface area (Å²) in [7, 11) is 0. The molecule has 1 aromatic rings. The van der Waals surface area contributed by atoms with Gasteiger partial charge in [0.2, 0.25) is 0 Å². The minimum atomic E-state index is 0.650. The van der Waals surface area contributed by atoms with E-state index >= 15 is 0 Å². The van der Waals surface area contributed by atoms with E-state index in [4.69, 9.17) is 16.3 Å². The zero-order chi connectivity index (χ0) is 8.27. The van der Waals surface area contributed by atoms with Gasteiger partial charge in [0.05, 0.1) is 11.6 Å². The summed E-state index contributed by atoms with van der Waals surface area (Å²) in [6.45, 7) is 2.60. The van der Waals surface area contributed by atoms with Crippen molar-refractivity contribution in [2.45, 2.75) is 11.8 Å². The van der Waals surface area contributed by atoms with Crippen molar-refractivity contribution in [3.05, 3.63) is 23.2 Å². The topological polar surface area (TPSA) is 9.23 Å². The van der Waals surface area contributed by atoms with Gasteiger partial charge in [-0.1, -0.05) is 11.6 Å². The number of hydrogen-bond acceptors (Lipinski definition) is 2. The second kappa shape index (κ2) is 3.88. The van der Waals surface area contributed by atoms with Crippen LogP contribution in [0.5, 0.6) is 5.75 Å². The molecule has 0 unspecified atom stereocenters. The molecule has 60 valence electrons. The third-order valence-electron chi connectivity index (χ3n) is 1.23. The highest BCUT2D eigenvalue weighted by Crippen LogP contribution is 2.24. The fourth-order valence-electron chi connectivity index (χ4n) is 0.749. The summed E-state index contributed by atoms with van der Waals surface area (Å²) in [4.78, 5) is 0.748. The lowest BCUT2D eigenvalue weighted by Gasteiger charge is -2.03. The monoisotopic (exact) mass is 188 g/mol. The Labute approximate surface area is 76.7 Å². The molecule has 0 fully saturated rings. The first kappa shape index (κ1) is 8.75. The van der Waals surface area contributed by atoms with Crippen LogP contribution in [0.15, 0.2) is 23.1 Å². The van der Waals surface area contributed by atoms with Crippen LogP contribution >= 0.6 is 24.2 Å². The van der Waals surface area contributed by atoms with Gasteiger partial charge in [0.15, 0.2) is 0 Å². The maximum Gasteiger partial charge on any atom is 0.120 e. The van der Waals surface area contributed by atoms with Crippen molar-refractivity contribution < 1.29 is 4.74 Å². The first-order valence-corrected chi connectivity index (χ1v) is 4.18. The largest absolute Gasteiger partial charge is 0.494 e. The Kier molecular flexibility index (Phi) is 3.09. The van der Waals surface area contributed by atoms with E-state index in [1.54, 1.807) is 12.1 Å². The molecule has 0 saturated heterocycles. The van der Waals surface area contributed by atoms with Gasteiger partial charge in [-0.3, -0.25) is 0 Å². The van der Waals surface area contributed by atoms with Crippen molar-refractivity contribution in [2.75, 3.05) is 6.61 Å². The van der Waals surface area contributed by atoms with Crippen molar-refractivity contribution in [3.8, 4) is 5.75 Å². The van der Waals surface area contributed by atoms with Gasteiger partial charge in [0.25, 0.3) is 0 Å². The number of halogens is 1. The third-order valence-corrected chi connectivity index (χ3v) is 2.06. The van der Waals surface area contributed by atoms with Crippen LogP contribution in [0.2, 0.25) is 5.02 Å². The molecule has 0 N–H and O–H groups in total. The SMILES string of the molecule is CCOc1ccc(Cl)c(S)c1. The smallest absolute Gasteiger partial charge is 0.120 e. The van der Waals surface area contributed by atoms with E-state index in [-0.39, 0.29) is 0 Å². The van der Waals surface area contributed by atoms with E-state index in [1.807, 2.05) is 13.0 Å². The summed E-state index contributed by atoms with van der Waals surface area (Å²) in [6.07, 6.45) is 0.